The lowest BCUT2D eigenvalue weighted by molar-refractivity contribution is -0.0510. The molecule has 0 aliphatic rings. The molecule has 6 N–H and O–H groups in total. The van der Waals surface area contributed by atoms with Crippen LogP contribution in [-0.2, 0) is 34.8 Å². The van der Waals surface area contributed by atoms with Crippen LogP contribution in [0.15, 0.2) is 133 Å². The third kappa shape index (κ3) is 23.7. The summed E-state index contributed by atoms with van der Waals surface area (Å²) in [6.07, 6.45) is -0.716. The average molecular weight is 1410 g/mol. The lowest BCUT2D eigenvalue weighted by atomic mass is 9.96. The van der Waals surface area contributed by atoms with Gasteiger partial charge in [-0.1, -0.05) is 196 Å². The van der Waals surface area contributed by atoms with Crippen LogP contribution in [-0.4, -0.2) is 188 Å². The molecule has 0 aliphatic heterocycles. The Hall–Kier alpha value is -7.14. The van der Waals surface area contributed by atoms with Gasteiger partial charge < -0.3 is 87.5 Å². The number of aliphatic hydroxyl groups excluding tert-OH is 6. The van der Waals surface area contributed by atoms with Crippen molar-refractivity contribution < 1.29 is 87.5 Å². The molecule has 0 fully saturated rings. The van der Waals surface area contributed by atoms with Crippen molar-refractivity contribution in [2.45, 2.75) is 138 Å². The third-order valence-electron chi connectivity index (χ3n) is 17.4. The molecule has 102 heavy (non-hydrogen) atoms. The quantitative estimate of drug-likeness (QED) is 0.0196. The lowest BCUT2D eigenvalue weighted by Gasteiger charge is -2.25. The third-order valence-corrected chi connectivity index (χ3v) is 17.4. The van der Waals surface area contributed by atoms with E-state index in [0.717, 1.165) is 111 Å². The zero-order chi connectivity index (χ0) is 74.0. The van der Waals surface area contributed by atoms with Gasteiger partial charge in [0.1, 0.15) is 72.6 Å². The summed E-state index contributed by atoms with van der Waals surface area (Å²) in [7, 11) is 5.05. The monoisotopic (exact) mass is 1410 g/mol. The second-order valence-electron chi connectivity index (χ2n) is 28.7. The predicted octanol–water partition coefficient (Wildman–Crippen LogP) is 14.6. The first-order valence-electron chi connectivity index (χ1n) is 35.8. The minimum Gasteiger partial charge on any atom is -0.495 e. The standard InChI is InChI=1S/C29H40O6.C28H38O6.C27H36O6/c1-6-20-12-13-25-26(14-20)27(32-5)23-10-8-9-11-24(23)28(25)35-17-22(31)16-34-19-29(3,4)18-33-15-21(30)7-2;1-6-20(29)14-32-17-28(3,4)18-33-15-21(30)16-34-27-23-10-8-7-9-22(23)26(31-5)25-13-19(2)11-12-24(25)27;1-5-19(28)14-31-17-27(2,3)18-32-15-20(29)16-33-26-23-12-8-6-10-21(23)25(30-4)22-11-7-9-13-24(22)26/h8-14,21-22,30-31H,6-7,15-19H2,1-5H3;7-13,20-21,29-30H,6,14-18H2,1-5H3;6-13,19-20,28-29H,5,14-18H2,1-4H3. The van der Waals surface area contributed by atoms with Crippen molar-refractivity contribution in [1.82, 2.24) is 0 Å². The Morgan fingerprint density at radius 3 is 0.784 bits per heavy atom. The van der Waals surface area contributed by atoms with Crippen LogP contribution in [0.1, 0.15) is 99.6 Å². The number of rotatable bonds is 40. The molecular weight excluding hydrogens is 1300 g/mol. The van der Waals surface area contributed by atoms with Crippen LogP contribution in [0.3, 0.4) is 0 Å². The number of benzene rings is 9. The number of methoxy groups -OCH3 is 3. The van der Waals surface area contributed by atoms with Gasteiger partial charge in [-0.15, -0.1) is 0 Å². The second-order valence-corrected chi connectivity index (χ2v) is 28.7. The van der Waals surface area contributed by atoms with Crippen molar-refractivity contribution in [3.05, 3.63) is 145 Å². The summed E-state index contributed by atoms with van der Waals surface area (Å²) in [6.45, 7) is 26.6. The molecule has 0 heterocycles. The van der Waals surface area contributed by atoms with Gasteiger partial charge in [-0.2, -0.15) is 0 Å². The Labute approximate surface area is 603 Å². The molecule has 0 spiro atoms. The fraction of sp³-hybridized carbons (Fsp3) is 0.500. The second kappa shape index (κ2) is 40.2. The Morgan fingerprint density at radius 1 is 0.284 bits per heavy atom. The molecule has 0 saturated heterocycles. The minimum atomic E-state index is -0.778. The number of fused-ring (bicyclic) bond motifs is 6. The highest BCUT2D eigenvalue weighted by Gasteiger charge is 2.26. The molecule has 9 aromatic rings. The predicted molar refractivity (Wildman–Crippen MR) is 408 cm³/mol. The van der Waals surface area contributed by atoms with Crippen LogP contribution in [0.2, 0.25) is 0 Å². The topological polar surface area (TPSA) is 232 Å². The van der Waals surface area contributed by atoms with Gasteiger partial charge in [-0.25, -0.2) is 0 Å². The minimum absolute atomic E-state index is 0.110. The lowest BCUT2D eigenvalue weighted by Crippen LogP contribution is -2.31. The molecule has 0 radical (unpaired) electrons. The van der Waals surface area contributed by atoms with Crippen molar-refractivity contribution >= 4 is 64.6 Å². The molecule has 6 atom stereocenters. The van der Waals surface area contributed by atoms with Gasteiger partial charge in [0.2, 0.25) is 0 Å². The van der Waals surface area contributed by atoms with E-state index in [1.54, 1.807) is 21.3 Å². The van der Waals surface area contributed by atoms with Crippen molar-refractivity contribution in [3.63, 3.8) is 0 Å². The summed E-state index contributed by atoms with van der Waals surface area (Å²) < 4.78 is 69.9. The summed E-state index contributed by atoms with van der Waals surface area (Å²) in [5, 5.41) is 72.0. The molecule has 0 saturated carbocycles. The molecule has 558 valence electrons. The molecular formula is C84H114O18. The molecule has 18 heteroatoms. The highest BCUT2D eigenvalue weighted by molar-refractivity contribution is 6.13. The number of aryl methyl sites for hydroxylation is 2. The van der Waals surface area contributed by atoms with E-state index in [1.165, 1.54) is 5.56 Å². The Kier molecular flexibility index (Phi) is 32.4. The van der Waals surface area contributed by atoms with Gasteiger partial charge in [0.05, 0.1) is 119 Å². The summed E-state index contributed by atoms with van der Waals surface area (Å²) >= 11 is 0. The maximum absolute atomic E-state index is 10.6. The van der Waals surface area contributed by atoms with Crippen molar-refractivity contribution in [2.75, 3.05) is 120 Å². The summed E-state index contributed by atoms with van der Waals surface area (Å²) in [5.41, 5.74) is 1.68. The van der Waals surface area contributed by atoms with Gasteiger partial charge in [0.15, 0.2) is 0 Å². The number of hydrogen-bond donors (Lipinski definition) is 6. The first-order chi connectivity index (χ1) is 48.9. The molecule has 18 nitrogen and oxygen atoms in total. The zero-order valence-electron chi connectivity index (χ0n) is 62.7. The van der Waals surface area contributed by atoms with Crippen LogP contribution >= 0.6 is 0 Å². The number of hydrogen-bond acceptors (Lipinski definition) is 18. The van der Waals surface area contributed by atoms with E-state index in [4.69, 9.17) is 56.8 Å². The normalized spacial score (nSPS) is 13.8. The van der Waals surface area contributed by atoms with Crippen LogP contribution in [0, 0.1) is 23.2 Å². The Bertz CT molecular complexity index is 3960. The molecule has 0 bridgehead atoms. The zero-order valence-corrected chi connectivity index (χ0v) is 62.7. The Balaban J connectivity index is 0.000000215. The van der Waals surface area contributed by atoms with E-state index in [1.807, 2.05) is 178 Å². The Morgan fingerprint density at radius 2 is 0.520 bits per heavy atom. The van der Waals surface area contributed by atoms with Crippen LogP contribution < -0.4 is 28.4 Å². The molecule has 0 aromatic heterocycles. The van der Waals surface area contributed by atoms with Crippen molar-refractivity contribution in [1.29, 1.82) is 0 Å². The summed E-state index contributed by atoms with van der Waals surface area (Å²) in [5.74, 6) is 4.66. The van der Waals surface area contributed by atoms with Gasteiger partial charge in [0.25, 0.3) is 0 Å². The van der Waals surface area contributed by atoms with Crippen LogP contribution in [0.4, 0.5) is 0 Å². The van der Waals surface area contributed by atoms with Gasteiger partial charge >= 0.3 is 0 Å². The SMILES string of the molecule is CCC(O)COCC(C)(C)COCC(O)COc1c2ccccc2c(OC)c2cc(C)ccc12.CCC(O)COCC(C)(C)COCC(O)COc1c2ccccc2c(OC)c2ccccc12.CCc1ccc2c(OCC(O)COCC(C)(C)COCC(O)CC)c3ccccc3c(OC)c2c1. The average Bonchev–Trinajstić information content (AvgIpc) is 0.769. The molecule has 0 aliphatic carbocycles. The largest absolute Gasteiger partial charge is 0.495 e. The highest BCUT2D eigenvalue weighted by Crippen LogP contribution is 2.46. The number of ether oxygens (including phenoxy) is 12. The van der Waals surface area contributed by atoms with Crippen LogP contribution in [0.25, 0.3) is 64.6 Å². The first-order valence-corrected chi connectivity index (χ1v) is 35.8. The molecule has 9 aromatic carbocycles. The van der Waals surface area contributed by atoms with Crippen LogP contribution in [0.5, 0.6) is 34.5 Å². The van der Waals surface area contributed by atoms with Gasteiger partial charge in [-0.05, 0) is 50.3 Å². The van der Waals surface area contributed by atoms with E-state index in [9.17, 15) is 30.6 Å². The fourth-order valence-electron chi connectivity index (χ4n) is 11.7. The van der Waals surface area contributed by atoms with Crippen molar-refractivity contribution in [2.24, 2.45) is 16.2 Å². The van der Waals surface area contributed by atoms with Gasteiger partial charge in [-0.3, -0.25) is 0 Å². The van der Waals surface area contributed by atoms with E-state index < -0.39 is 36.6 Å². The van der Waals surface area contributed by atoms with E-state index in [2.05, 4.69) is 31.2 Å². The maximum atomic E-state index is 10.6. The van der Waals surface area contributed by atoms with Crippen molar-refractivity contribution in [3.8, 4) is 34.5 Å². The first kappa shape index (κ1) is 82.1. The smallest absolute Gasteiger partial charge is 0.135 e. The number of aliphatic hydroxyl groups is 6. The van der Waals surface area contributed by atoms with E-state index >= 15 is 0 Å². The molecule has 0 amide bonds. The van der Waals surface area contributed by atoms with E-state index in [-0.39, 0.29) is 55.9 Å². The molecule has 6 unspecified atom stereocenters. The van der Waals surface area contributed by atoms with E-state index in [0.29, 0.717) is 78.7 Å². The van der Waals surface area contributed by atoms with Gasteiger partial charge in [0, 0.05) is 80.9 Å². The molecule has 9 rings (SSSR count). The fourth-order valence-corrected chi connectivity index (χ4v) is 11.7. The summed E-state index contributed by atoms with van der Waals surface area (Å²) in [6, 6.07) is 44.4. The maximum Gasteiger partial charge on any atom is 0.135 e. The highest BCUT2D eigenvalue weighted by atomic mass is 16.5. The summed E-state index contributed by atoms with van der Waals surface area (Å²) in [4.78, 5) is 0.